The number of amides is 3. The van der Waals surface area contributed by atoms with Crippen LogP contribution in [0, 0.1) is 5.92 Å². The minimum absolute atomic E-state index is 0.0595. The van der Waals surface area contributed by atoms with Gasteiger partial charge in [-0.15, -0.1) is 0 Å². The molecule has 0 saturated carbocycles. The molecule has 1 aromatic heterocycles. The van der Waals surface area contributed by atoms with Crippen molar-refractivity contribution in [2.75, 3.05) is 19.8 Å². The summed E-state index contributed by atoms with van der Waals surface area (Å²) in [7, 11) is -3.80. The number of aromatic nitrogens is 1. The number of ether oxygens (including phenoxy) is 1. The maximum atomic E-state index is 14.0. The summed E-state index contributed by atoms with van der Waals surface area (Å²) in [6.07, 6.45) is 2.91. The molecule has 234 valence electrons. The summed E-state index contributed by atoms with van der Waals surface area (Å²) in [6, 6.07) is 6.04. The van der Waals surface area contributed by atoms with Gasteiger partial charge in [-0.3, -0.25) is 19.1 Å². The second kappa shape index (κ2) is 14.5. The van der Waals surface area contributed by atoms with Gasteiger partial charge in [-0.25, -0.2) is 4.79 Å². The fourth-order valence-electron chi connectivity index (χ4n) is 5.14. The maximum absolute atomic E-state index is 14.0. The van der Waals surface area contributed by atoms with Crippen molar-refractivity contribution in [3.8, 4) is 0 Å². The number of para-hydroxylation sites is 1. The fourth-order valence-corrected chi connectivity index (χ4v) is 7.00. The van der Waals surface area contributed by atoms with Crippen LogP contribution in [0.5, 0.6) is 0 Å². The van der Waals surface area contributed by atoms with E-state index < -0.39 is 49.0 Å². The molecule has 3 rings (SSSR count). The summed E-state index contributed by atoms with van der Waals surface area (Å²) < 4.78 is 30.8. The predicted molar refractivity (Wildman–Crippen MR) is 162 cm³/mol. The molecule has 0 spiro atoms. The van der Waals surface area contributed by atoms with E-state index in [1.807, 2.05) is 44.3 Å². The smallest absolute Gasteiger partial charge is 0.410 e. The van der Waals surface area contributed by atoms with Crippen LogP contribution in [0.15, 0.2) is 30.5 Å². The topological polar surface area (TPSA) is 139 Å². The van der Waals surface area contributed by atoms with Crippen molar-refractivity contribution in [2.24, 2.45) is 5.92 Å². The Morgan fingerprint density at radius 2 is 1.76 bits per heavy atom. The molecule has 1 saturated heterocycles. The number of benzene rings is 1. The van der Waals surface area contributed by atoms with Gasteiger partial charge in [0, 0.05) is 30.1 Å². The minimum Gasteiger partial charge on any atom is -0.444 e. The van der Waals surface area contributed by atoms with Gasteiger partial charge in [0.15, 0.2) is 0 Å². The summed E-state index contributed by atoms with van der Waals surface area (Å²) in [5.74, 6) is -1.86. The summed E-state index contributed by atoms with van der Waals surface area (Å²) in [6.45, 7) is 13.3. The quantitative estimate of drug-likeness (QED) is 0.261. The molecule has 1 aromatic carbocycles. The third kappa shape index (κ3) is 8.82. The van der Waals surface area contributed by atoms with Gasteiger partial charge in [0.25, 0.3) is 0 Å². The number of hydrogen-bond donors (Lipinski definition) is 3. The molecule has 3 amide bonds. The number of carbonyl (C=O) groups excluding carboxylic acids is 3. The Labute approximate surface area is 248 Å². The predicted octanol–water partition coefficient (Wildman–Crippen LogP) is 5.35. The van der Waals surface area contributed by atoms with E-state index in [4.69, 9.17) is 13.8 Å². The molecule has 3 N–H and O–H groups in total. The van der Waals surface area contributed by atoms with Crippen molar-refractivity contribution in [2.45, 2.75) is 97.6 Å². The van der Waals surface area contributed by atoms with Gasteiger partial charge < -0.3 is 29.4 Å². The van der Waals surface area contributed by atoms with Gasteiger partial charge in [0.05, 0.1) is 13.2 Å². The molecular weight excluding hydrogens is 559 g/mol. The van der Waals surface area contributed by atoms with Crippen LogP contribution in [0.2, 0.25) is 0 Å². The van der Waals surface area contributed by atoms with Crippen molar-refractivity contribution >= 4 is 36.4 Å². The Kier molecular flexibility index (Phi) is 11.6. The molecule has 1 aliphatic heterocycles. The fraction of sp³-hybridized carbons (Fsp3) is 0.633. The van der Waals surface area contributed by atoms with E-state index >= 15 is 0 Å². The van der Waals surface area contributed by atoms with Crippen LogP contribution in [0.25, 0.3) is 10.9 Å². The van der Waals surface area contributed by atoms with Crippen molar-refractivity contribution in [1.29, 1.82) is 0 Å². The number of H-pyrrole nitrogens is 1. The highest BCUT2D eigenvalue weighted by Gasteiger charge is 2.41. The van der Waals surface area contributed by atoms with Crippen molar-refractivity contribution < 1.29 is 32.7 Å². The van der Waals surface area contributed by atoms with Crippen LogP contribution in [0.1, 0.15) is 73.3 Å². The second-order valence-corrected chi connectivity index (χ2v) is 14.2. The van der Waals surface area contributed by atoms with Crippen LogP contribution in [-0.4, -0.2) is 71.0 Å². The summed E-state index contributed by atoms with van der Waals surface area (Å²) >= 11 is 0. The lowest BCUT2D eigenvalue weighted by atomic mass is 10.0. The van der Waals surface area contributed by atoms with E-state index in [-0.39, 0.29) is 25.6 Å². The molecule has 3 atom stereocenters. The SMILES string of the molecule is CCOP(=O)(OCC)[C@H](Cc1c[nH]c2ccccc12)NC(=O)[C@H](CC(C)C)NC(=O)[C@@H]1CCCN1C(=O)OC(C)(C)C. The van der Waals surface area contributed by atoms with Crippen LogP contribution in [-0.2, 0) is 34.4 Å². The normalized spacial score (nSPS) is 17.3. The van der Waals surface area contributed by atoms with Crippen LogP contribution in [0.3, 0.4) is 0 Å². The van der Waals surface area contributed by atoms with E-state index in [2.05, 4.69) is 15.6 Å². The number of carbonyl (C=O) groups is 3. The van der Waals surface area contributed by atoms with Crippen LogP contribution < -0.4 is 10.6 Å². The monoisotopic (exact) mass is 606 g/mol. The molecule has 1 aliphatic rings. The molecular formula is C30H47N4O7P. The lowest BCUT2D eigenvalue weighted by molar-refractivity contribution is -0.131. The average Bonchev–Trinajstić information content (AvgIpc) is 3.55. The number of rotatable bonds is 13. The molecule has 2 heterocycles. The average molecular weight is 607 g/mol. The lowest BCUT2D eigenvalue weighted by Crippen LogP contribution is -2.55. The van der Waals surface area contributed by atoms with E-state index in [9.17, 15) is 18.9 Å². The number of likely N-dealkylation sites (tertiary alicyclic amines) is 1. The van der Waals surface area contributed by atoms with Gasteiger partial charge in [-0.05, 0) is 71.4 Å². The molecule has 12 heteroatoms. The van der Waals surface area contributed by atoms with Crippen molar-refractivity contribution in [3.05, 3.63) is 36.0 Å². The number of nitrogens with one attached hydrogen (secondary N) is 3. The Morgan fingerprint density at radius 3 is 2.38 bits per heavy atom. The molecule has 42 heavy (non-hydrogen) atoms. The maximum Gasteiger partial charge on any atom is 0.410 e. The highest BCUT2D eigenvalue weighted by molar-refractivity contribution is 7.54. The van der Waals surface area contributed by atoms with Gasteiger partial charge >= 0.3 is 13.7 Å². The van der Waals surface area contributed by atoms with Gasteiger partial charge in [0.1, 0.15) is 23.5 Å². The highest BCUT2D eigenvalue weighted by Crippen LogP contribution is 2.53. The van der Waals surface area contributed by atoms with E-state index in [0.29, 0.717) is 25.8 Å². The Morgan fingerprint density at radius 1 is 1.10 bits per heavy atom. The molecule has 0 aliphatic carbocycles. The molecule has 0 bridgehead atoms. The molecule has 11 nitrogen and oxygen atoms in total. The van der Waals surface area contributed by atoms with Gasteiger partial charge in [0.2, 0.25) is 11.8 Å². The first kappa shape index (κ1) is 33.6. The molecule has 0 radical (unpaired) electrons. The van der Waals surface area contributed by atoms with Crippen LogP contribution in [0.4, 0.5) is 4.79 Å². The van der Waals surface area contributed by atoms with Crippen molar-refractivity contribution in [3.63, 3.8) is 0 Å². The standard InChI is InChI=1S/C30H47N4O7P/c1-8-39-42(38,40-9-2)26(18-21-19-31-23-14-11-10-13-22(21)23)33-27(35)24(17-20(3)4)32-28(36)25-15-12-16-34(25)29(37)41-30(5,6)7/h10-11,13-14,19-20,24-26,31H,8-9,12,15-18H2,1-7H3,(H,32,36)(H,33,35)/t24-,25-,26+/m0/s1. The summed E-state index contributed by atoms with van der Waals surface area (Å²) in [5.41, 5.74) is 1.06. The first-order chi connectivity index (χ1) is 19.8. The van der Waals surface area contributed by atoms with Crippen LogP contribution >= 0.6 is 7.60 Å². The Hall–Kier alpha value is -2.88. The first-order valence-corrected chi connectivity index (χ1v) is 16.4. The highest BCUT2D eigenvalue weighted by atomic mass is 31.2. The number of nitrogens with zero attached hydrogens (tertiary/aromatic N) is 1. The van der Waals surface area contributed by atoms with E-state index in [1.54, 1.807) is 34.6 Å². The first-order valence-electron chi connectivity index (χ1n) is 14.8. The lowest BCUT2D eigenvalue weighted by Gasteiger charge is -2.31. The Balaban J connectivity index is 1.85. The molecule has 0 unspecified atom stereocenters. The zero-order valence-corrected chi connectivity index (χ0v) is 26.8. The molecule has 1 fully saturated rings. The number of fused-ring (bicyclic) bond motifs is 1. The third-order valence-corrected chi connectivity index (χ3v) is 9.23. The summed E-state index contributed by atoms with van der Waals surface area (Å²) in [4.78, 5) is 44.7. The minimum atomic E-state index is -3.80. The zero-order chi connectivity index (χ0) is 31.1. The Bertz CT molecular complexity index is 1260. The van der Waals surface area contributed by atoms with Gasteiger partial charge in [-0.2, -0.15) is 0 Å². The van der Waals surface area contributed by atoms with E-state index in [1.165, 1.54) is 4.90 Å². The van der Waals surface area contributed by atoms with Crippen molar-refractivity contribution in [1.82, 2.24) is 20.5 Å². The number of hydrogen-bond acceptors (Lipinski definition) is 7. The molecule has 2 aromatic rings. The zero-order valence-electron chi connectivity index (χ0n) is 25.9. The third-order valence-electron chi connectivity index (χ3n) is 6.92. The summed E-state index contributed by atoms with van der Waals surface area (Å²) in [5, 5.41) is 6.72. The second-order valence-electron chi connectivity index (χ2n) is 12.0. The number of aromatic amines is 1. The van der Waals surface area contributed by atoms with E-state index in [0.717, 1.165) is 16.5 Å². The van der Waals surface area contributed by atoms with Gasteiger partial charge in [-0.1, -0.05) is 32.0 Å². The largest absolute Gasteiger partial charge is 0.444 e.